The Labute approximate surface area is 310 Å². The van der Waals surface area contributed by atoms with Gasteiger partial charge in [-0.3, -0.25) is 0 Å². The number of para-hydroxylation sites is 2. The van der Waals surface area contributed by atoms with Gasteiger partial charge in [-0.05, 0) is 96.1 Å². The zero-order valence-corrected chi connectivity index (χ0v) is 29.1. The number of oxazole rings is 1. The zero-order valence-electron chi connectivity index (χ0n) is 29.1. The molecule has 5 nitrogen and oxygen atoms in total. The summed E-state index contributed by atoms with van der Waals surface area (Å²) in [6, 6.07) is 65.8. The van der Waals surface area contributed by atoms with Crippen LogP contribution in [-0.4, -0.2) is 9.55 Å². The summed E-state index contributed by atoms with van der Waals surface area (Å²) in [6.45, 7) is 0. The van der Waals surface area contributed by atoms with Crippen LogP contribution in [0.1, 0.15) is 0 Å². The average Bonchev–Trinajstić information content (AvgIpc) is 3.94. The van der Waals surface area contributed by atoms with Crippen LogP contribution < -0.4 is 4.90 Å². The van der Waals surface area contributed by atoms with Gasteiger partial charge in [-0.25, -0.2) is 4.98 Å². The summed E-state index contributed by atoms with van der Waals surface area (Å²) in [6.07, 6.45) is 0. The van der Waals surface area contributed by atoms with E-state index in [9.17, 15) is 0 Å². The minimum atomic E-state index is 0.588. The summed E-state index contributed by atoms with van der Waals surface area (Å²) in [5, 5.41) is 4.30. The minimum Gasteiger partial charge on any atom is -0.456 e. The third-order valence-electron chi connectivity index (χ3n) is 10.4. The number of fused-ring (bicyclic) bond motifs is 8. The van der Waals surface area contributed by atoms with Crippen molar-refractivity contribution in [3.8, 4) is 28.3 Å². The fraction of sp³-hybridized carbons (Fsp3) is 0. The lowest BCUT2D eigenvalue weighted by atomic mass is 10.0. The van der Waals surface area contributed by atoms with Crippen molar-refractivity contribution in [2.24, 2.45) is 0 Å². The first-order valence-corrected chi connectivity index (χ1v) is 18.1. The van der Waals surface area contributed by atoms with E-state index in [1.54, 1.807) is 0 Å². The van der Waals surface area contributed by atoms with Gasteiger partial charge < -0.3 is 18.3 Å². The molecule has 0 aliphatic heterocycles. The molecule has 0 amide bonds. The molecule has 54 heavy (non-hydrogen) atoms. The zero-order chi connectivity index (χ0) is 35.6. The molecule has 0 bridgehead atoms. The van der Waals surface area contributed by atoms with E-state index in [1.165, 1.54) is 16.3 Å². The van der Waals surface area contributed by atoms with E-state index in [2.05, 4.69) is 155 Å². The molecule has 0 unspecified atom stereocenters. The third kappa shape index (κ3) is 4.83. The highest BCUT2D eigenvalue weighted by Gasteiger charge is 2.21. The molecule has 0 spiro atoms. The Balaban J connectivity index is 1.16. The Morgan fingerprint density at radius 1 is 0.426 bits per heavy atom. The predicted molar refractivity (Wildman–Crippen MR) is 221 cm³/mol. The van der Waals surface area contributed by atoms with Crippen molar-refractivity contribution in [3.05, 3.63) is 188 Å². The highest BCUT2D eigenvalue weighted by atomic mass is 16.4. The number of hydrogen-bond donors (Lipinski definition) is 0. The fourth-order valence-electron chi connectivity index (χ4n) is 7.93. The molecule has 0 aliphatic rings. The van der Waals surface area contributed by atoms with Gasteiger partial charge in [0, 0.05) is 44.5 Å². The van der Waals surface area contributed by atoms with Crippen molar-refractivity contribution in [3.63, 3.8) is 0 Å². The van der Waals surface area contributed by atoms with Gasteiger partial charge in [0.1, 0.15) is 16.7 Å². The van der Waals surface area contributed by atoms with Gasteiger partial charge in [0.25, 0.3) is 0 Å². The molecule has 0 N–H and O–H groups in total. The van der Waals surface area contributed by atoms with Crippen molar-refractivity contribution < 1.29 is 8.83 Å². The standard InChI is InChI=1S/C49H31N3O2/c1-4-13-32(14-5-1)34-17-12-20-36(29-34)51(38-23-25-40-39-21-10-11-22-43(39)52(44(40)31-38)35-18-8-3-9-19-35)37-24-27-45-41(30-37)47-46(53-45)28-26-42-48(47)54-49(50-42)33-15-6-2-7-16-33/h1-31H. The van der Waals surface area contributed by atoms with Crippen LogP contribution in [0.15, 0.2) is 197 Å². The molecule has 0 radical (unpaired) electrons. The molecule has 0 saturated heterocycles. The number of anilines is 3. The highest BCUT2D eigenvalue weighted by molar-refractivity contribution is 6.17. The molecule has 0 saturated carbocycles. The quantitative estimate of drug-likeness (QED) is 0.174. The van der Waals surface area contributed by atoms with Crippen molar-refractivity contribution in [2.45, 2.75) is 0 Å². The topological polar surface area (TPSA) is 47.3 Å². The summed E-state index contributed by atoms with van der Waals surface area (Å²) < 4.78 is 15.3. The predicted octanol–water partition coefficient (Wildman–Crippen LogP) is 13.6. The first-order valence-electron chi connectivity index (χ1n) is 18.1. The van der Waals surface area contributed by atoms with E-state index in [1.807, 2.05) is 42.5 Å². The van der Waals surface area contributed by atoms with Crippen LogP contribution in [-0.2, 0) is 0 Å². The van der Waals surface area contributed by atoms with Crippen molar-refractivity contribution >= 4 is 71.9 Å². The summed E-state index contributed by atoms with van der Waals surface area (Å²) in [5.74, 6) is 0.588. The number of nitrogens with zero attached hydrogens (tertiary/aromatic N) is 3. The van der Waals surface area contributed by atoms with Gasteiger partial charge >= 0.3 is 0 Å². The second kappa shape index (κ2) is 12.1. The van der Waals surface area contributed by atoms with Gasteiger partial charge in [0.05, 0.1) is 16.4 Å². The number of aromatic nitrogens is 2. The number of benzene rings is 8. The van der Waals surface area contributed by atoms with Crippen molar-refractivity contribution in [1.82, 2.24) is 9.55 Å². The molecule has 0 fully saturated rings. The Morgan fingerprint density at radius 3 is 1.91 bits per heavy atom. The molecule has 254 valence electrons. The molecule has 11 rings (SSSR count). The van der Waals surface area contributed by atoms with E-state index < -0.39 is 0 Å². The molecule has 11 aromatic rings. The molecule has 5 heteroatoms. The largest absolute Gasteiger partial charge is 0.456 e. The van der Waals surface area contributed by atoms with E-state index in [4.69, 9.17) is 13.8 Å². The minimum absolute atomic E-state index is 0.588. The lowest BCUT2D eigenvalue weighted by molar-refractivity contribution is 0.622. The Kier molecular flexibility index (Phi) is 6.79. The van der Waals surface area contributed by atoms with E-state index in [-0.39, 0.29) is 0 Å². The molecule has 0 atom stereocenters. The highest BCUT2D eigenvalue weighted by Crippen LogP contribution is 2.44. The summed E-state index contributed by atoms with van der Waals surface area (Å²) >= 11 is 0. The third-order valence-corrected chi connectivity index (χ3v) is 10.4. The van der Waals surface area contributed by atoms with Gasteiger partial charge in [-0.1, -0.05) is 103 Å². The Hall–Kier alpha value is -7.37. The van der Waals surface area contributed by atoms with Gasteiger partial charge in [0.15, 0.2) is 5.58 Å². The first kappa shape index (κ1) is 30.3. The monoisotopic (exact) mass is 693 g/mol. The van der Waals surface area contributed by atoms with Crippen LogP contribution in [0.3, 0.4) is 0 Å². The number of rotatable bonds is 6. The fourth-order valence-corrected chi connectivity index (χ4v) is 7.93. The maximum atomic E-state index is 6.51. The van der Waals surface area contributed by atoms with Crippen LogP contribution in [0.4, 0.5) is 17.1 Å². The SMILES string of the molecule is c1ccc(-c2cccc(N(c3ccc4oc5ccc6nc(-c7ccccc7)oc6c5c4c3)c3ccc4c5ccccc5n(-c5ccccc5)c4c3)c2)cc1. The van der Waals surface area contributed by atoms with E-state index in [0.29, 0.717) is 11.5 Å². The second-order valence-corrected chi connectivity index (χ2v) is 13.6. The van der Waals surface area contributed by atoms with Crippen LogP contribution in [0.25, 0.3) is 83.1 Å². The second-order valence-electron chi connectivity index (χ2n) is 13.6. The van der Waals surface area contributed by atoms with Gasteiger partial charge in [0.2, 0.25) is 5.89 Å². The van der Waals surface area contributed by atoms with Crippen molar-refractivity contribution in [2.75, 3.05) is 4.90 Å². The van der Waals surface area contributed by atoms with Crippen molar-refractivity contribution in [1.29, 1.82) is 0 Å². The summed E-state index contributed by atoms with van der Waals surface area (Å²) in [7, 11) is 0. The van der Waals surface area contributed by atoms with Gasteiger partial charge in [-0.15, -0.1) is 0 Å². The molecule has 0 aliphatic carbocycles. The van der Waals surface area contributed by atoms with E-state index in [0.717, 1.165) is 72.4 Å². The van der Waals surface area contributed by atoms with Crippen LogP contribution in [0, 0.1) is 0 Å². The normalized spacial score (nSPS) is 11.7. The lowest BCUT2D eigenvalue weighted by Gasteiger charge is -2.26. The summed E-state index contributed by atoms with van der Waals surface area (Å²) in [5.41, 5.74) is 12.8. The lowest BCUT2D eigenvalue weighted by Crippen LogP contribution is -2.10. The number of hydrogen-bond acceptors (Lipinski definition) is 4. The summed E-state index contributed by atoms with van der Waals surface area (Å²) in [4.78, 5) is 7.21. The average molecular weight is 694 g/mol. The maximum absolute atomic E-state index is 6.51. The van der Waals surface area contributed by atoms with Crippen LogP contribution in [0.5, 0.6) is 0 Å². The molecular weight excluding hydrogens is 663 g/mol. The molecular formula is C49H31N3O2. The first-order chi connectivity index (χ1) is 26.8. The van der Waals surface area contributed by atoms with Gasteiger partial charge in [-0.2, -0.15) is 0 Å². The van der Waals surface area contributed by atoms with Crippen LogP contribution in [0.2, 0.25) is 0 Å². The Bertz CT molecular complexity index is 3160. The molecule has 3 heterocycles. The smallest absolute Gasteiger partial charge is 0.227 e. The number of furan rings is 1. The molecule has 3 aromatic heterocycles. The maximum Gasteiger partial charge on any atom is 0.227 e. The Morgan fingerprint density at radius 2 is 1.07 bits per heavy atom. The molecule has 8 aromatic carbocycles. The van der Waals surface area contributed by atoms with E-state index >= 15 is 0 Å². The van der Waals surface area contributed by atoms with Crippen LogP contribution >= 0.6 is 0 Å².